The maximum atomic E-state index is 12.1. The zero-order valence-corrected chi connectivity index (χ0v) is 12.2. The largest absolute Gasteiger partial charge is 0.323 e. The molecule has 0 aliphatic carbocycles. The molecule has 112 valence electrons. The van der Waals surface area contributed by atoms with Crippen molar-refractivity contribution < 1.29 is 16.8 Å². The van der Waals surface area contributed by atoms with Crippen LogP contribution in [0.2, 0.25) is 0 Å². The van der Waals surface area contributed by atoms with E-state index in [1.807, 2.05) is 0 Å². The molecule has 10 heteroatoms. The number of sulfonamides is 1. The molecule has 0 aromatic carbocycles. The zero-order valence-electron chi connectivity index (χ0n) is 10.6. The fourth-order valence-electron chi connectivity index (χ4n) is 2.08. The van der Waals surface area contributed by atoms with Crippen LogP contribution in [0.3, 0.4) is 0 Å². The summed E-state index contributed by atoms with van der Waals surface area (Å²) >= 11 is 0. The number of aromatic nitrogens is 1. The molecule has 1 fully saturated rings. The predicted octanol–water partition coefficient (Wildman–Crippen LogP) is -0.777. The van der Waals surface area contributed by atoms with Crippen molar-refractivity contribution in [3.63, 3.8) is 0 Å². The van der Waals surface area contributed by atoms with Gasteiger partial charge < -0.3 is 5.43 Å². The Bertz CT molecular complexity index is 687. The van der Waals surface area contributed by atoms with Gasteiger partial charge in [-0.3, -0.25) is 10.8 Å². The summed E-state index contributed by atoms with van der Waals surface area (Å²) in [5.74, 6) is 5.36. The topological polar surface area (TPSA) is 131 Å². The molecule has 1 aromatic rings. The van der Waals surface area contributed by atoms with Gasteiger partial charge in [0.25, 0.3) is 0 Å². The van der Waals surface area contributed by atoms with E-state index in [1.54, 1.807) is 0 Å². The molecule has 1 aromatic heterocycles. The van der Waals surface area contributed by atoms with Crippen molar-refractivity contribution in [3.05, 3.63) is 18.5 Å². The molecule has 1 aliphatic heterocycles. The van der Waals surface area contributed by atoms with Crippen LogP contribution in [0.5, 0.6) is 0 Å². The quantitative estimate of drug-likeness (QED) is 0.479. The van der Waals surface area contributed by atoms with Gasteiger partial charge in [0.05, 0.1) is 16.7 Å². The minimum absolute atomic E-state index is 0.113. The summed E-state index contributed by atoms with van der Waals surface area (Å²) < 4.78 is 49.9. The van der Waals surface area contributed by atoms with E-state index in [2.05, 4.69) is 15.1 Å². The molecule has 0 amide bonds. The number of nitrogen functional groups attached to an aromatic ring is 1. The van der Waals surface area contributed by atoms with E-state index in [1.165, 1.54) is 12.3 Å². The van der Waals surface area contributed by atoms with Crippen LogP contribution in [-0.2, 0) is 19.9 Å². The molecule has 0 spiro atoms. The average molecular weight is 320 g/mol. The van der Waals surface area contributed by atoms with Gasteiger partial charge in [-0.2, -0.15) is 0 Å². The first-order chi connectivity index (χ1) is 9.37. The molecule has 0 bridgehead atoms. The van der Waals surface area contributed by atoms with E-state index in [0.29, 0.717) is 12.8 Å². The molecular formula is C10H16N4O4S2. The van der Waals surface area contributed by atoms with Crippen molar-refractivity contribution in [2.75, 3.05) is 17.7 Å². The van der Waals surface area contributed by atoms with Crippen LogP contribution in [0.4, 0.5) is 5.69 Å². The fraction of sp³-hybridized carbons (Fsp3) is 0.500. The van der Waals surface area contributed by atoms with Crippen LogP contribution < -0.4 is 16.0 Å². The maximum absolute atomic E-state index is 12.1. The smallest absolute Gasteiger partial charge is 0.244 e. The lowest BCUT2D eigenvalue weighted by atomic mass is 10.2. The van der Waals surface area contributed by atoms with Gasteiger partial charge >= 0.3 is 0 Å². The van der Waals surface area contributed by atoms with Crippen molar-refractivity contribution in [2.24, 2.45) is 5.84 Å². The minimum atomic E-state index is -3.86. The van der Waals surface area contributed by atoms with Gasteiger partial charge in [-0.25, -0.2) is 21.6 Å². The van der Waals surface area contributed by atoms with Gasteiger partial charge in [0, 0.05) is 18.9 Å². The summed E-state index contributed by atoms with van der Waals surface area (Å²) in [6.45, 7) is -0.135. The summed E-state index contributed by atoms with van der Waals surface area (Å²) in [5, 5.41) is -0.664. The van der Waals surface area contributed by atoms with Gasteiger partial charge in [-0.05, 0) is 18.9 Å². The molecule has 2 heterocycles. The first-order valence-corrected chi connectivity index (χ1v) is 9.18. The maximum Gasteiger partial charge on any atom is 0.244 e. The van der Waals surface area contributed by atoms with Crippen molar-refractivity contribution >= 4 is 25.5 Å². The highest BCUT2D eigenvalue weighted by Gasteiger charge is 2.32. The van der Waals surface area contributed by atoms with Crippen molar-refractivity contribution in [1.82, 2.24) is 9.71 Å². The van der Waals surface area contributed by atoms with E-state index >= 15 is 0 Å². The van der Waals surface area contributed by atoms with Crippen LogP contribution in [0.15, 0.2) is 23.4 Å². The first kappa shape index (κ1) is 15.2. The monoisotopic (exact) mass is 320 g/mol. The summed E-state index contributed by atoms with van der Waals surface area (Å²) in [6.07, 6.45) is 3.59. The second-order valence-corrected chi connectivity index (χ2v) is 8.64. The summed E-state index contributed by atoms with van der Waals surface area (Å²) in [4.78, 5) is 3.62. The molecule has 0 radical (unpaired) electrons. The first-order valence-electron chi connectivity index (χ1n) is 5.99. The molecule has 2 rings (SSSR count). The highest BCUT2D eigenvalue weighted by atomic mass is 32.2. The number of nitrogens with zero attached hydrogens (tertiary/aromatic N) is 1. The number of hydrogen-bond acceptors (Lipinski definition) is 7. The van der Waals surface area contributed by atoms with E-state index in [9.17, 15) is 16.8 Å². The van der Waals surface area contributed by atoms with Crippen LogP contribution in [-0.4, -0.2) is 39.4 Å². The van der Waals surface area contributed by atoms with E-state index < -0.39 is 25.1 Å². The third-order valence-corrected chi connectivity index (χ3v) is 6.92. The second-order valence-electron chi connectivity index (χ2n) is 4.50. The van der Waals surface area contributed by atoms with Crippen LogP contribution in [0.1, 0.15) is 12.8 Å². The number of nitrogens with one attached hydrogen (secondary N) is 2. The number of nitrogens with two attached hydrogens (primary N) is 1. The van der Waals surface area contributed by atoms with Crippen molar-refractivity contribution in [2.45, 2.75) is 23.0 Å². The normalized spacial score (nSPS) is 21.8. The number of hydrazine groups is 1. The highest BCUT2D eigenvalue weighted by Crippen LogP contribution is 2.21. The summed E-state index contributed by atoms with van der Waals surface area (Å²) in [6, 6.07) is 1.42. The molecule has 20 heavy (non-hydrogen) atoms. The van der Waals surface area contributed by atoms with Gasteiger partial charge in [0.15, 0.2) is 9.84 Å². The molecule has 0 saturated carbocycles. The third-order valence-electron chi connectivity index (χ3n) is 3.19. The molecular weight excluding hydrogens is 304 g/mol. The summed E-state index contributed by atoms with van der Waals surface area (Å²) in [7, 11) is -7.05. The summed E-state index contributed by atoms with van der Waals surface area (Å²) in [5.41, 5.74) is 2.46. The molecule has 8 nitrogen and oxygen atoms in total. The lowest BCUT2D eigenvalue weighted by Gasteiger charge is -2.13. The number of rotatable bonds is 5. The fourth-order valence-corrected chi connectivity index (χ4v) is 5.14. The highest BCUT2D eigenvalue weighted by molar-refractivity contribution is 7.92. The number of hydrogen-bond donors (Lipinski definition) is 3. The Labute approximate surface area is 117 Å². The Morgan fingerprint density at radius 3 is 2.80 bits per heavy atom. The predicted molar refractivity (Wildman–Crippen MR) is 74.0 cm³/mol. The molecule has 1 saturated heterocycles. The van der Waals surface area contributed by atoms with E-state index in [0.717, 1.165) is 6.20 Å². The Balaban J connectivity index is 2.16. The number of sulfone groups is 1. The van der Waals surface area contributed by atoms with Crippen molar-refractivity contribution in [3.8, 4) is 0 Å². The number of pyridine rings is 1. The molecule has 1 unspecified atom stereocenters. The van der Waals surface area contributed by atoms with Gasteiger partial charge in [0.1, 0.15) is 4.90 Å². The van der Waals surface area contributed by atoms with Gasteiger partial charge in [0.2, 0.25) is 10.0 Å². The second kappa shape index (κ2) is 5.64. The minimum Gasteiger partial charge on any atom is -0.323 e. The Kier molecular flexibility index (Phi) is 4.28. The zero-order chi connectivity index (χ0) is 14.8. The Morgan fingerprint density at radius 1 is 1.45 bits per heavy atom. The average Bonchev–Trinajstić information content (AvgIpc) is 2.75. The lowest BCUT2D eigenvalue weighted by Crippen LogP contribution is -2.35. The van der Waals surface area contributed by atoms with Crippen molar-refractivity contribution in [1.29, 1.82) is 0 Å². The van der Waals surface area contributed by atoms with Crippen LogP contribution in [0, 0.1) is 0 Å². The Morgan fingerprint density at radius 2 is 2.20 bits per heavy atom. The Hall–Kier alpha value is -1.23. The van der Waals surface area contributed by atoms with E-state index in [-0.39, 0.29) is 22.9 Å². The lowest BCUT2D eigenvalue weighted by molar-refractivity contribution is 0.571. The van der Waals surface area contributed by atoms with Gasteiger partial charge in [-0.1, -0.05) is 0 Å². The SMILES string of the molecule is NNc1ccncc1S(=O)(=O)NCC1CCCS1(=O)=O. The molecule has 4 N–H and O–H groups in total. The van der Waals surface area contributed by atoms with Gasteiger partial charge in [-0.15, -0.1) is 0 Å². The van der Waals surface area contributed by atoms with Crippen LogP contribution in [0.25, 0.3) is 0 Å². The third kappa shape index (κ3) is 3.08. The molecule has 1 atom stereocenters. The van der Waals surface area contributed by atoms with E-state index in [4.69, 9.17) is 5.84 Å². The standard InChI is InChI=1S/C10H16N4O4S2/c11-14-9-3-4-12-7-10(9)20(17,18)13-6-8-2-1-5-19(8,15)16/h3-4,7-8,13H,1-2,5-6,11H2,(H,12,14). The van der Waals surface area contributed by atoms with Crippen LogP contribution >= 0.6 is 0 Å². The number of anilines is 1. The molecule has 1 aliphatic rings.